The topological polar surface area (TPSA) is 105 Å². The number of nitrogens with one attached hydrogen (secondary N) is 1. The van der Waals surface area contributed by atoms with Crippen LogP contribution in [0.15, 0.2) is 15.8 Å². The van der Waals surface area contributed by atoms with Gasteiger partial charge in [-0.2, -0.15) is 0 Å². The molecule has 0 amide bonds. The van der Waals surface area contributed by atoms with E-state index in [2.05, 4.69) is 0 Å². The summed E-state index contributed by atoms with van der Waals surface area (Å²) in [5.74, 6) is -3.76. The van der Waals surface area contributed by atoms with Crippen LogP contribution >= 0.6 is 0 Å². The molecule has 3 N–H and O–H groups in total. The van der Waals surface area contributed by atoms with E-state index in [4.69, 9.17) is 9.84 Å². The van der Waals surface area contributed by atoms with E-state index < -0.39 is 60.6 Å². The van der Waals surface area contributed by atoms with Crippen LogP contribution in [0.1, 0.15) is 6.23 Å². The summed E-state index contributed by atoms with van der Waals surface area (Å²) in [6.45, 7) is -0.809. The van der Waals surface area contributed by atoms with Gasteiger partial charge in [0.1, 0.15) is 0 Å². The second kappa shape index (κ2) is 5.69. The van der Waals surface area contributed by atoms with E-state index in [9.17, 15) is 23.5 Å². The molecule has 0 saturated carbocycles. The van der Waals surface area contributed by atoms with E-state index in [1.54, 1.807) is 0 Å². The minimum atomic E-state index is -3.76. The average molecular weight is 427 g/mol. The quantitative estimate of drug-likeness (QED) is 0.536. The van der Waals surface area contributed by atoms with Crippen LogP contribution in [-0.4, -0.2) is 62.9 Å². The zero-order valence-electron chi connectivity index (χ0n) is 12.3. The molecular weight excluding hydrogens is 409 g/mol. The molecule has 2 heterocycles. The first kappa shape index (κ1) is 17.6. The maximum atomic E-state index is 14.1. The summed E-state index contributed by atoms with van der Waals surface area (Å²) in [6, 6.07) is 0. The van der Waals surface area contributed by atoms with Crippen molar-refractivity contribution in [2.75, 3.05) is 6.61 Å². The van der Waals surface area contributed by atoms with Crippen molar-refractivity contribution in [1.29, 1.82) is 0 Å². The summed E-state index contributed by atoms with van der Waals surface area (Å²) >= 11 is -2.96. The Morgan fingerprint density at radius 3 is 2.45 bits per heavy atom. The summed E-state index contributed by atoms with van der Waals surface area (Å²) in [6.07, 6.45) is -4.71. The van der Waals surface area contributed by atoms with Crippen LogP contribution in [0.4, 0.5) is 8.78 Å². The van der Waals surface area contributed by atoms with Crippen LogP contribution in [0.2, 0.25) is 14.8 Å². The Labute approximate surface area is 128 Å². The van der Waals surface area contributed by atoms with Gasteiger partial charge in [-0.15, -0.1) is 0 Å². The van der Waals surface area contributed by atoms with Crippen molar-refractivity contribution in [3.05, 3.63) is 27.0 Å². The summed E-state index contributed by atoms with van der Waals surface area (Å²) in [4.78, 5) is 31.4. The first-order valence-corrected chi connectivity index (χ1v) is 16.7. The van der Waals surface area contributed by atoms with Crippen molar-refractivity contribution >= 4 is 22.0 Å². The molecule has 1 aliphatic rings. The SMILES string of the molecule is [CH3][Sn]([CH3])([CH3])[c]1cn([C@@H]2O[C@H](CO)[C@@H](O)C2(F)F)c(=O)[nH]c1=O. The third-order valence-corrected chi connectivity index (χ3v) is 9.22. The molecule has 0 radical (unpaired) electrons. The van der Waals surface area contributed by atoms with Crippen molar-refractivity contribution in [1.82, 2.24) is 9.55 Å². The number of aromatic nitrogens is 2. The minimum absolute atomic E-state index is 0.329. The monoisotopic (exact) mass is 428 g/mol. The van der Waals surface area contributed by atoms with Crippen molar-refractivity contribution in [2.45, 2.75) is 39.2 Å². The molecule has 1 aromatic heterocycles. The van der Waals surface area contributed by atoms with E-state index in [1.807, 2.05) is 19.8 Å². The molecule has 0 unspecified atom stereocenters. The van der Waals surface area contributed by atoms with E-state index in [0.717, 1.165) is 6.20 Å². The molecule has 1 saturated heterocycles. The van der Waals surface area contributed by atoms with Crippen molar-refractivity contribution < 1.29 is 23.7 Å². The second-order valence-corrected chi connectivity index (χ2v) is 20.7. The van der Waals surface area contributed by atoms with Gasteiger partial charge in [0.2, 0.25) is 0 Å². The summed E-state index contributed by atoms with van der Waals surface area (Å²) in [7, 11) is 0. The Bertz CT molecular complexity index is 681. The molecule has 124 valence electrons. The van der Waals surface area contributed by atoms with Gasteiger partial charge in [0.25, 0.3) is 0 Å². The molecular formula is C12H18F2N2O5Sn. The molecule has 7 nitrogen and oxygen atoms in total. The predicted molar refractivity (Wildman–Crippen MR) is 76.3 cm³/mol. The van der Waals surface area contributed by atoms with Crippen LogP contribution in [0.25, 0.3) is 0 Å². The first-order valence-electron chi connectivity index (χ1n) is 6.68. The Kier molecular flexibility index (Phi) is 4.55. The number of hydrogen-bond donors (Lipinski definition) is 3. The van der Waals surface area contributed by atoms with Crippen molar-refractivity contribution in [2.24, 2.45) is 0 Å². The van der Waals surface area contributed by atoms with Gasteiger partial charge in [0, 0.05) is 0 Å². The maximum absolute atomic E-state index is 14.1. The number of rotatable bonds is 3. The van der Waals surface area contributed by atoms with E-state index in [-0.39, 0.29) is 0 Å². The molecule has 2 rings (SSSR count). The molecule has 0 spiro atoms. The van der Waals surface area contributed by atoms with Gasteiger partial charge in [-0.1, -0.05) is 0 Å². The number of hydrogen-bond acceptors (Lipinski definition) is 5. The first-order chi connectivity index (χ1) is 10.00. The summed E-state index contributed by atoms with van der Waals surface area (Å²) in [5, 5.41) is 18.5. The molecule has 22 heavy (non-hydrogen) atoms. The number of aliphatic hydroxyl groups excluding tert-OH is 2. The fraction of sp³-hybridized carbons (Fsp3) is 0.667. The summed E-state index contributed by atoms with van der Waals surface area (Å²) < 4.78 is 34.1. The number of aliphatic hydroxyl groups is 2. The number of aromatic amines is 1. The van der Waals surface area contributed by atoms with Gasteiger partial charge in [-0.05, 0) is 0 Å². The predicted octanol–water partition coefficient (Wildman–Crippen LogP) is -1.03. The van der Waals surface area contributed by atoms with Crippen LogP contribution in [-0.2, 0) is 4.74 Å². The fourth-order valence-electron chi connectivity index (χ4n) is 2.31. The Hall–Kier alpha value is -0.781. The van der Waals surface area contributed by atoms with E-state index >= 15 is 0 Å². The molecule has 0 bridgehead atoms. The van der Waals surface area contributed by atoms with Crippen LogP contribution in [0, 0.1) is 0 Å². The zero-order chi connectivity index (χ0) is 16.9. The standard InChI is InChI=1S/C9H9F2N2O5.3CH3.Sn/c10-9(11)6(16)4(3-14)18-7(9)13-2-1-5(15)12-8(13)17;;;;/h2,4,6-7,14,16H,3H2,(H,12,15,17);3*1H3;/t4-,6-,7-;;;;/m1..../s1. The molecule has 1 aromatic rings. The van der Waals surface area contributed by atoms with Gasteiger partial charge < -0.3 is 0 Å². The van der Waals surface area contributed by atoms with E-state index in [0.29, 0.717) is 8.15 Å². The fourth-order valence-corrected chi connectivity index (χ4v) is 5.94. The third-order valence-electron chi connectivity index (χ3n) is 3.59. The molecule has 0 aromatic carbocycles. The van der Waals surface area contributed by atoms with Gasteiger partial charge in [-0.3, -0.25) is 0 Å². The molecule has 10 heteroatoms. The van der Waals surface area contributed by atoms with Crippen LogP contribution in [0.5, 0.6) is 0 Å². The average Bonchev–Trinajstić information content (AvgIpc) is 2.60. The molecule has 1 fully saturated rings. The van der Waals surface area contributed by atoms with Crippen LogP contribution < -0.4 is 14.8 Å². The zero-order valence-corrected chi connectivity index (χ0v) is 15.2. The molecule has 0 aliphatic carbocycles. The summed E-state index contributed by atoms with van der Waals surface area (Å²) in [5.41, 5.74) is -1.62. The number of nitrogens with zero attached hydrogens (tertiary/aromatic N) is 1. The molecule has 1 aliphatic heterocycles. The number of H-pyrrole nitrogens is 1. The van der Waals surface area contributed by atoms with E-state index in [1.165, 1.54) is 0 Å². The number of halogens is 2. The van der Waals surface area contributed by atoms with Crippen molar-refractivity contribution in [3.8, 4) is 0 Å². The third kappa shape index (κ3) is 2.86. The normalized spacial score (nSPS) is 28.0. The van der Waals surface area contributed by atoms with Gasteiger partial charge >= 0.3 is 128 Å². The van der Waals surface area contributed by atoms with Gasteiger partial charge in [0.15, 0.2) is 0 Å². The Balaban J connectivity index is 2.59. The Morgan fingerprint density at radius 2 is 2.00 bits per heavy atom. The number of alkyl halides is 2. The van der Waals surface area contributed by atoms with Gasteiger partial charge in [-0.25, -0.2) is 0 Å². The molecule has 3 atom stereocenters. The second-order valence-electron chi connectivity index (χ2n) is 6.29. The van der Waals surface area contributed by atoms with Gasteiger partial charge in [0.05, 0.1) is 0 Å². The van der Waals surface area contributed by atoms with Crippen molar-refractivity contribution in [3.63, 3.8) is 0 Å². The van der Waals surface area contributed by atoms with Crippen LogP contribution in [0.3, 0.4) is 0 Å². The number of ether oxygens (including phenoxy) is 1. The Morgan fingerprint density at radius 1 is 1.41 bits per heavy atom.